The molecule has 3 N–H and O–H groups in total. The van der Waals surface area contributed by atoms with E-state index in [1.807, 2.05) is 18.7 Å². The molecule has 6 rings (SSSR count). The van der Waals surface area contributed by atoms with Crippen LogP contribution in [0.4, 0.5) is 0 Å². The second-order valence-corrected chi connectivity index (χ2v) is 14.9. The first kappa shape index (κ1) is 32.2. The van der Waals surface area contributed by atoms with Gasteiger partial charge >= 0.3 is 0 Å². The van der Waals surface area contributed by atoms with Crippen LogP contribution in [0.25, 0.3) is 0 Å². The van der Waals surface area contributed by atoms with Crippen molar-refractivity contribution in [2.45, 2.75) is 83.5 Å². The maximum atomic E-state index is 14.0. The molecule has 236 valence electrons. The highest BCUT2D eigenvalue weighted by Crippen LogP contribution is 2.60. The molecule has 0 radical (unpaired) electrons. The van der Waals surface area contributed by atoms with Gasteiger partial charge in [-0.3, -0.25) is 14.4 Å². The van der Waals surface area contributed by atoms with Gasteiger partial charge in [-0.25, -0.2) is 0 Å². The third-order valence-corrected chi connectivity index (χ3v) is 10.6. The predicted molar refractivity (Wildman–Crippen MR) is 170 cm³/mol. The Bertz CT molecular complexity index is 1210. The van der Waals surface area contributed by atoms with Crippen molar-refractivity contribution >= 4 is 40.7 Å². The van der Waals surface area contributed by atoms with Crippen LogP contribution in [0.3, 0.4) is 0 Å². The summed E-state index contributed by atoms with van der Waals surface area (Å²) >= 11 is 2.06. The standard InChI is InChI=1S/C33H45IN2O7/c1-19(2)6-29(39)36(18-33-14-20-7-21(15-33)9-22(8-20)16-33)26-12-24(32(41)35-4-5-37)13-27(30(26)40)43-31-25(34)10-23(17-38)11-28(31)42-3/h10-11,13,17,19-22,26-27,30,37,40H,4-9,12,14-16,18H2,1-3H3,(H,35,41). The number of rotatable bonds is 12. The van der Waals surface area contributed by atoms with Crippen molar-refractivity contribution in [1.29, 1.82) is 0 Å². The van der Waals surface area contributed by atoms with E-state index < -0.39 is 18.2 Å². The summed E-state index contributed by atoms with van der Waals surface area (Å²) in [6.45, 7) is 4.52. The average molecular weight is 709 g/mol. The van der Waals surface area contributed by atoms with Crippen molar-refractivity contribution in [3.8, 4) is 11.5 Å². The van der Waals surface area contributed by atoms with E-state index in [2.05, 4.69) is 27.9 Å². The minimum Gasteiger partial charge on any atom is -0.493 e. The van der Waals surface area contributed by atoms with Crippen LogP contribution in [-0.4, -0.2) is 78.3 Å². The summed E-state index contributed by atoms with van der Waals surface area (Å²) in [6, 6.07) is 2.57. The lowest BCUT2D eigenvalue weighted by Gasteiger charge is -2.58. The lowest BCUT2D eigenvalue weighted by molar-refractivity contribution is -0.147. The summed E-state index contributed by atoms with van der Waals surface area (Å²) in [5.74, 6) is 2.61. The number of aliphatic hydroxyl groups is 2. The van der Waals surface area contributed by atoms with Crippen LogP contribution < -0.4 is 14.8 Å². The Morgan fingerprint density at radius 3 is 2.37 bits per heavy atom. The lowest BCUT2D eigenvalue weighted by Crippen LogP contribution is -2.59. The Morgan fingerprint density at radius 1 is 1.16 bits per heavy atom. The van der Waals surface area contributed by atoms with Crippen LogP contribution >= 0.6 is 22.6 Å². The molecule has 0 aromatic heterocycles. The van der Waals surface area contributed by atoms with Crippen molar-refractivity contribution in [3.05, 3.63) is 32.9 Å². The number of hydrogen-bond donors (Lipinski definition) is 3. The minimum atomic E-state index is -1.11. The number of amides is 2. The van der Waals surface area contributed by atoms with Gasteiger partial charge in [0.15, 0.2) is 11.5 Å². The molecule has 0 aliphatic heterocycles. The number of nitrogens with zero attached hydrogens (tertiary/aromatic N) is 1. The van der Waals surface area contributed by atoms with E-state index in [9.17, 15) is 24.6 Å². The van der Waals surface area contributed by atoms with Gasteiger partial charge in [0, 0.05) is 37.1 Å². The molecular weight excluding hydrogens is 663 g/mol. The molecule has 3 atom stereocenters. The molecule has 43 heavy (non-hydrogen) atoms. The molecular formula is C33H45IN2O7. The van der Waals surface area contributed by atoms with E-state index >= 15 is 0 Å². The molecule has 5 aliphatic carbocycles. The maximum absolute atomic E-state index is 14.0. The summed E-state index contributed by atoms with van der Waals surface area (Å²) in [6.07, 6.45) is 8.06. The normalized spacial score (nSPS) is 31.0. The van der Waals surface area contributed by atoms with Gasteiger partial charge < -0.3 is 29.9 Å². The molecule has 0 saturated heterocycles. The molecule has 5 aliphatic rings. The minimum absolute atomic E-state index is 0.00643. The van der Waals surface area contributed by atoms with Crippen molar-refractivity contribution in [2.24, 2.45) is 29.1 Å². The van der Waals surface area contributed by atoms with Gasteiger partial charge in [-0.15, -0.1) is 0 Å². The number of methoxy groups -OCH3 is 1. The van der Waals surface area contributed by atoms with E-state index in [1.54, 1.807) is 18.2 Å². The second kappa shape index (κ2) is 13.4. The Morgan fingerprint density at radius 2 is 1.81 bits per heavy atom. The van der Waals surface area contributed by atoms with E-state index in [1.165, 1.54) is 26.4 Å². The van der Waals surface area contributed by atoms with Gasteiger partial charge in [0.05, 0.1) is 23.3 Å². The highest BCUT2D eigenvalue weighted by atomic mass is 127. The molecule has 0 spiro atoms. The fourth-order valence-corrected chi connectivity index (χ4v) is 9.29. The third-order valence-electron chi connectivity index (χ3n) is 9.83. The van der Waals surface area contributed by atoms with Crippen LogP contribution in [0, 0.1) is 32.7 Å². The summed E-state index contributed by atoms with van der Waals surface area (Å²) in [5.41, 5.74) is 0.873. The topological polar surface area (TPSA) is 125 Å². The molecule has 10 heteroatoms. The molecule has 4 fully saturated rings. The summed E-state index contributed by atoms with van der Waals surface area (Å²) < 4.78 is 12.5. The maximum Gasteiger partial charge on any atom is 0.247 e. The number of aliphatic hydroxyl groups excluding tert-OH is 2. The van der Waals surface area contributed by atoms with E-state index in [-0.39, 0.29) is 42.7 Å². The Hall–Kier alpha value is -2.18. The van der Waals surface area contributed by atoms with Crippen LogP contribution in [0.15, 0.2) is 23.8 Å². The number of carbonyl (C=O) groups excluding carboxylic acids is 3. The largest absolute Gasteiger partial charge is 0.493 e. The molecule has 4 bridgehead atoms. The Labute approximate surface area is 267 Å². The highest BCUT2D eigenvalue weighted by molar-refractivity contribution is 14.1. The van der Waals surface area contributed by atoms with Gasteiger partial charge in [-0.2, -0.15) is 0 Å². The van der Waals surface area contributed by atoms with Gasteiger partial charge in [0.1, 0.15) is 18.5 Å². The lowest BCUT2D eigenvalue weighted by atomic mass is 9.49. The van der Waals surface area contributed by atoms with E-state index in [4.69, 9.17) is 9.47 Å². The molecule has 3 unspecified atom stereocenters. The first-order valence-corrected chi connectivity index (χ1v) is 16.7. The number of carbonyl (C=O) groups is 3. The summed E-state index contributed by atoms with van der Waals surface area (Å²) in [5, 5.41) is 24.0. The smallest absolute Gasteiger partial charge is 0.247 e. The number of benzene rings is 1. The third kappa shape index (κ3) is 7.06. The zero-order valence-electron chi connectivity index (χ0n) is 25.4. The number of aldehydes is 1. The fourth-order valence-electron chi connectivity index (χ4n) is 8.54. The monoisotopic (exact) mass is 708 g/mol. The van der Waals surface area contributed by atoms with Crippen LogP contribution in [0.5, 0.6) is 11.5 Å². The van der Waals surface area contributed by atoms with E-state index in [0.717, 1.165) is 25.5 Å². The molecule has 2 amide bonds. The molecule has 1 aromatic carbocycles. The van der Waals surface area contributed by atoms with Gasteiger partial charge in [0.25, 0.3) is 0 Å². The SMILES string of the molecule is COc1cc(C=O)cc(I)c1OC1C=C(C(=O)NCCO)CC(N(CC23CC4CC(CC(C4)C2)C3)C(=O)CC(C)C)C1O. The summed E-state index contributed by atoms with van der Waals surface area (Å²) in [4.78, 5) is 40.6. The first-order valence-electron chi connectivity index (χ1n) is 15.6. The summed E-state index contributed by atoms with van der Waals surface area (Å²) in [7, 11) is 1.48. The van der Waals surface area contributed by atoms with Gasteiger partial charge in [-0.1, -0.05) is 13.8 Å². The van der Waals surface area contributed by atoms with E-state index in [0.29, 0.717) is 56.9 Å². The predicted octanol–water partition coefficient (Wildman–Crippen LogP) is 4.12. The van der Waals surface area contributed by atoms with Gasteiger partial charge in [-0.05, 0) is 108 Å². The number of hydrogen-bond acceptors (Lipinski definition) is 7. The highest BCUT2D eigenvalue weighted by Gasteiger charge is 2.53. The quantitative estimate of drug-likeness (QED) is 0.221. The Balaban J connectivity index is 1.50. The zero-order valence-corrected chi connectivity index (χ0v) is 27.5. The van der Waals surface area contributed by atoms with Crippen LogP contribution in [-0.2, 0) is 9.59 Å². The average Bonchev–Trinajstić information content (AvgIpc) is 2.95. The first-order chi connectivity index (χ1) is 20.5. The number of nitrogens with one attached hydrogen (secondary N) is 1. The second-order valence-electron chi connectivity index (χ2n) is 13.7. The van der Waals surface area contributed by atoms with Crippen LogP contribution in [0.1, 0.15) is 75.6 Å². The van der Waals surface area contributed by atoms with Crippen molar-refractivity contribution in [2.75, 3.05) is 26.8 Å². The van der Waals surface area contributed by atoms with Crippen molar-refractivity contribution < 1.29 is 34.1 Å². The van der Waals surface area contributed by atoms with Crippen LogP contribution in [0.2, 0.25) is 0 Å². The van der Waals surface area contributed by atoms with Crippen molar-refractivity contribution in [1.82, 2.24) is 10.2 Å². The van der Waals surface area contributed by atoms with Crippen molar-refractivity contribution in [3.63, 3.8) is 0 Å². The number of halogens is 1. The van der Waals surface area contributed by atoms with Gasteiger partial charge in [0.2, 0.25) is 11.8 Å². The molecule has 4 saturated carbocycles. The molecule has 1 aromatic rings. The fraction of sp³-hybridized carbons (Fsp3) is 0.667. The zero-order chi connectivity index (χ0) is 30.9. The molecule has 9 nitrogen and oxygen atoms in total. The Kier molecular flexibility index (Phi) is 10.1. The number of ether oxygens (including phenoxy) is 2. The molecule has 0 heterocycles.